The zero-order valence-corrected chi connectivity index (χ0v) is 18.8. The van der Waals surface area contributed by atoms with Gasteiger partial charge in [0.2, 0.25) is 5.91 Å². The maximum Gasteiger partial charge on any atom is 0.405 e. The number of piperazine rings is 1. The summed E-state index contributed by atoms with van der Waals surface area (Å²) >= 11 is 0. The fraction of sp³-hybridized carbons (Fsp3) is 0.619. The molecule has 180 valence electrons. The predicted molar refractivity (Wildman–Crippen MR) is 118 cm³/mol. The molecule has 2 heterocycles. The van der Waals surface area contributed by atoms with E-state index in [4.69, 9.17) is 5.11 Å². The molecule has 2 fully saturated rings. The van der Waals surface area contributed by atoms with E-state index in [1.165, 1.54) is 23.6 Å². The van der Waals surface area contributed by atoms with Crippen LogP contribution in [0.1, 0.15) is 45.6 Å². The minimum absolute atomic E-state index is 0.00330. The second-order valence-corrected chi connectivity index (χ2v) is 8.97. The maximum atomic E-state index is 12.6. The van der Waals surface area contributed by atoms with Gasteiger partial charge in [-0.05, 0) is 45.6 Å². The van der Waals surface area contributed by atoms with Gasteiger partial charge in [-0.2, -0.15) is 4.98 Å². The van der Waals surface area contributed by atoms with Crippen molar-refractivity contribution in [1.82, 2.24) is 24.7 Å². The molecule has 3 N–H and O–H groups in total. The van der Waals surface area contributed by atoms with Gasteiger partial charge in [-0.1, -0.05) is 0 Å². The van der Waals surface area contributed by atoms with E-state index in [0.29, 0.717) is 0 Å². The van der Waals surface area contributed by atoms with Gasteiger partial charge in [0.05, 0.1) is 0 Å². The molecular formula is C21H30N6O6. The number of nitrogens with zero attached hydrogens (tertiary/aromatic N) is 4. The molecule has 33 heavy (non-hydrogen) atoms. The Balaban J connectivity index is 1.53. The van der Waals surface area contributed by atoms with Crippen LogP contribution in [-0.4, -0.2) is 80.5 Å². The lowest BCUT2D eigenvalue weighted by Crippen LogP contribution is -2.60. The molecule has 1 aromatic heterocycles. The number of carbonyl (C=O) groups excluding carboxylic acids is 3. The molecular weight excluding hydrogens is 432 g/mol. The lowest BCUT2D eigenvalue weighted by Gasteiger charge is -2.38. The van der Waals surface area contributed by atoms with Crippen molar-refractivity contribution in [1.29, 1.82) is 0 Å². The van der Waals surface area contributed by atoms with Crippen LogP contribution in [0.3, 0.4) is 0 Å². The molecule has 1 saturated carbocycles. The second-order valence-electron chi connectivity index (χ2n) is 8.97. The number of anilines is 1. The summed E-state index contributed by atoms with van der Waals surface area (Å²) in [7, 11) is 0. The van der Waals surface area contributed by atoms with Gasteiger partial charge >= 0.3 is 17.8 Å². The number of amides is 4. The summed E-state index contributed by atoms with van der Waals surface area (Å²) in [6.45, 7) is 4.02. The van der Waals surface area contributed by atoms with Crippen LogP contribution in [0.4, 0.5) is 15.4 Å². The summed E-state index contributed by atoms with van der Waals surface area (Å²) in [5, 5.41) is 13.7. The van der Waals surface area contributed by atoms with Crippen LogP contribution in [0.25, 0.3) is 0 Å². The molecule has 1 aliphatic carbocycles. The number of aldehydes is 1. The number of hydrogen-bond acceptors (Lipinski definition) is 6. The highest BCUT2D eigenvalue weighted by molar-refractivity contribution is 5.90. The van der Waals surface area contributed by atoms with Crippen molar-refractivity contribution in [3.8, 4) is 0 Å². The molecule has 12 nitrogen and oxygen atoms in total. The molecule has 0 bridgehead atoms. The Kier molecular flexibility index (Phi) is 7.34. The first-order valence-electron chi connectivity index (χ1n) is 11.0. The molecule has 1 aromatic rings. The van der Waals surface area contributed by atoms with Crippen LogP contribution in [0.2, 0.25) is 0 Å². The molecule has 0 spiro atoms. The average Bonchev–Trinajstić information content (AvgIpc) is 2.78. The van der Waals surface area contributed by atoms with Crippen molar-refractivity contribution >= 4 is 30.1 Å². The highest BCUT2D eigenvalue weighted by atomic mass is 16.4. The number of rotatable bonds is 5. The van der Waals surface area contributed by atoms with Crippen molar-refractivity contribution in [3.63, 3.8) is 0 Å². The van der Waals surface area contributed by atoms with Crippen LogP contribution in [-0.2, 0) is 9.59 Å². The first-order valence-corrected chi connectivity index (χ1v) is 11.0. The fourth-order valence-corrected chi connectivity index (χ4v) is 4.29. The molecule has 12 heteroatoms. The molecule has 1 aliphatic heterocycles. The molecule has 1 saturated heterocycles. The van der Waals surface area contributed by atoms with Crippen LogP contribution < -0.4 is 16.3 Å². The zero-order chi connectivity index (χ0) is 24.2. The van der Waals surface area contributed by atoms with Crippen LogP contribution in [0.5, 0.6) is 0 Å². The molecule has 0 radical (unpaired) electrons. The highest BCUT2D eigenvalue weighted by Crippen LogP contribution is 2.30. The van der Waals surface area contributed by atoms with E-state index in [1.807, 2.05) is 0 Å². The smallest absolute Gasteiger partial charge is 0.405 e. The Hall–Kier alpha value is -3.44. The largest absolute Gasteiger partial charge is 0.465 e. The van der Waals surface area contributed by atoms with Gasteiger partial charge in [0.15, 0.2) is 0 Å². The Morgan fingerprint density at radius 3 is 2.24 bits per heavy atom. The predicted octanol–water partition coefficient (Wildman–Crippen LogP) is 0.896. The minimum Gasteiger partial charge on any atom is -0.465 e. The summed E-state index contributed by atoms with van der Waals surface area (Å²) in [5.41, 5.74) is -1.72. The Morgan fingerprint density at radius 2 is 1.70 bits per heavy atom. The Morgan fingerprint density at radius 1 is 1.09 bits per heavy atom. The van der Waals surface area contributed by atoms with E-state index < -0.39 is 23.4 Å². The number of nitrogens with one attached hydrogen (secondary N) is 2. The van der Waals surface area contributed by atoms with Crippen molar-refractivity contribution in [3.05, 3.63) is 22.7 Å². The third-order valence-corrected chi connectivity index (χ3v) is 6.20. The first-order chi connectivity index (χ1) is 15.6. The second kappa shape index (κ2) is 10.0. The summed E-state index contributed by atoms with van der Waals surface area (Å²) in [5.74, 6) is -0.163. The monoisotopic (exact) mass is 462 g/mol. The lowest BCUT2D eigenvalue weighted by atomic mass is 9.87. The van der Waals surface area contributed by atoms with E-state index >= 15 is 0 Å². The van der Waals surface area contributed by atoms with Crippen LogP contribution >= 0.6 is 0 Å². The normalized spacial score (nSPS) is 21.3. The van der Waals surface area contributed by atoms with E-state index in [1.54, 1.807) is 16.8 Å². The summed E-state index contributed by atoms with van der Waals surface area (Å²) in [4.78, 5) is 66.4. The van der Waals surface area contributed by atoms with E-state index in [9.17, 15) is 24.0 Å². The molecule has 3 rings (SSSR count). The number of aromatic nitrogens is 2. The molecule has 0 atom stereocenters. The third kappa shape index (κ3) is 5.88. The van der Waals surface area contributed by atoms with Gasteiger partial charge in [-0.3, -0.25) is 14.7 Å². The Labute approximate surface area is 190 Å². The minimum atomic E-state index is -1.28. The van der Waals surface area contributed by atoms with Gasteiger partial charge in [0.25, 0.3) is 0 Å². The average molecular weight is 463 g/mol. The maximum absolute atomic E-state index is 12.6. The SMILES string of the molecule is CC(C)(NC(=O)O)C(=O)N1CCN(C(=O)Nc2ccn(C3CCC(C=O)CC3)c(=O)n2)CC1. The van der Waals surface area contributed by atoms with Gasteiger partial charge in [0.1, 0.15) is 17.6 Å². The first kappa shape index (κ1) is 24.2. The van der Waals surface area contributed by atoms with E-state index in [2.05, 4.69) is 15.6 Å². The highest BCUT2D eigenvalue weighted by Gasteiger charge is 2.35. The quantitative estimate of drug-likeness (QED) is 0.549. The number of hydrogen-bond donors (Lipinski definition) is 3. The molecule has 0 unspecified atom stereocenters. The van der Waals surface area contributed by atoms with Crippen LogP contribution in [0, 0.1) is 5.92 Å². The molecule has 4 amide bonds. The lowest BCUT2D eigenvalue weighted by molar-refractivity contribution is -0.138. The number of urea groups is 1. The van der Waals surface area contributed by atoms with Crippen molar-refractivity contribution in [2.45, 2.75) is 51.1 Å². The molecule has 2 aliphatic rings. The summed E-state index contributed by atoms with van der Waals surface area (Å²) < 4.78 is 1.55. The van der Waals surface area contributed by atoms with Gasteiger partial charge in [-0.25, -0.2) is 14.4 Å². The Bertz CT molecular complexity index is 960. The summed E-state index contributed by atoms with van der Waals surface area (Å²) in [6, 6.07) is 1.14. The van der Waals surface area contributed by atoms with Crippen molar-refractivity contribution < 1.29 is 24.3 Å². The number of carbonyl (C=O) groups is 4. The number of carboxylic acid groups (broad SMARTS) is 1. The standard InChI is InChI=1S/C21H30N6O6/c1-21(2,24-20(32)33)17(29)25-9-11-26(12-10-25)18(30)22-16-7-8-27(19(31)23-16)15-5-3-14(13-28)4-6-15/h7-8,13-15,24H,3-6,9-12H2,1-2H3,(H,32,33)(H,22,23,30,31). The van der Waals surface area contributed by atoms with E-state index in [-0.39, 0.29) is 49.9 Å². The topological polar surface area (TPSA) is 154 Å². The molecule has 0 aromatic carbocycles. The third-order valence-electron chi connectivity index (χ3n) is 6.20. The van der Waals surface area contributed by atoms with Crippen molar-refractivity contribution in [2.75, 3.05) is 31.5 Å². The van der Waals surface area contributed by atoms with Gasteiger partial charge in [-0.15, -0.1) is 0 Å². The fourth-order valence-electron chi connectivity index (χ4n) is 4.29. The zero-order valence-electron chi connectivity index (χ0n) is 18.8. The van der Waals surface area contributed by atoms with Gasteiger partial charge < -0.3 is 25.0 Å². The van der Waals surface area contributed by atoms with Crippen molar-refractivity contribution in [2.24, 2.45) is 5.92 Å². The van der Waals surface area contributed by atoms with Crippen LogP contribution in [0.15, 0.2) is 17.1 Å². The summed E-state index contributed by atoms with van der Waals surface area (Å²) in [6.07, 6.45) is 4.27. The van der Waals surface area contributed by atoms with E-state index in [0.717, 1.165) is 32.0 Å². The van der Waals surface area contributed by atoms with Gasteiger partial charge in [0, 0.05) is 44.3 Å².